The van der Waals surface area contributed by atoms with Crippen molar-refractivity contribution in [2.75, 3.05) is 6.61 Å². The molecule has 3 aromatic rings. The lowest BCUT2D eigenvalue weighted by molar-refractivity contribution is -0.151. The van der Waals surface area contributed by atoms with Gasteiger partial charge in [0.25, 0.3) is 11.8 Å². The fourth-order valence-corrected chi connectivity index (χ4v) is 7.43. The van der Waals surface area contributed by atoms with Gasteiger partial charge in [0.15, 0.2) is 12.3 Å². The highest BCUT2D eigenvalue weighted by Crippen LogP contribution is 2.40. The number of carboxylic acids is 1. The monoisotopic (exact) mass is 596 g/mol. The second kappa shape index (κ2) is 12.9. The Labute approximate surface area is 241 Å². The molecule has 10 nitrogen and oxygen atoms in total. The van der Waals surface area contributed by atoms with E-state index in [0.29, 0.717) is 16.5 Å². The zero-order valence-electron chi connectivity index (χ0n) is 22.2. The van der Waals surface area contributed by atoms with Crippen LogP contribution in [0.3, 0.4) is 0 Å². The summed E-state index contributed by atoms with van der Waals surface area (Å²) in [5.74, 6) is -2.62. The molecule has 2 atom stereocenters. The van der Waals surface area contributed by atoms with Gasteiger partial charge >= 0.3 is 5.97 Å². The molecule has 1 heterocycles. The number of benzene rings is 3. The van der Waals surface area contributed by atoms with Gasteiger partial charge in [-0.15, -0.1) is 0 Å². The zero-order chi connectivity index (χ0) is 29.6. The number of allylic oxidation sites excluding steroid dienone is 1. The van der Waals surface area contributed by atoms with Gasteiger partial charge in [-0.05, 0) is 43.7 Å². The van der Waals surface area contributed by atoms with E-state index in [1.165, 1.54) is 19.1 Å². The molecule has 4 rings (SSSR count). The van der Waals surface area contributed by atoms with Crippen LogP contribution in [0, 0.1) is 6.92 Å². The molecular formula is C29H28N2O8S2. The van der Waals surface area contributed by atoms with E-state index in [2.05, 4.69) is 5.32 Å². The molecule has 0 aromatic heterocycles. The van der Waals surface area contributed by atoms with Crippen LogP contribution in [0.2, 0.25) is 0 Å². The lowest BCUT2D eigenvalue weighted by Gasteiger charge is -2.46. The number of likely N-dealkylation sites (tertiary alicyclic amines) is 1. The summed E-state index contributed by atoms with van der Waals surface area (Å²) in [6, 6.07) is 22.3. The first-order chi connectivity index (χ1) is 19.6. The number of para-hydroxylation sites is 1. The minimum atomic E-state index is -4.07. The molecule has 0 aliphatic carbocycles. The molecule has 0 bridgehead atoms. The maximum atomic E-state index is 13.3. The molecule has 0 saturated carbocycles. The van der Waals surface area contributed by atoms with Gasteiger partial charge < -0.3 is 19.9 Å². The number of hydrogen-bond donors (Lipinski definition) is 2. The Balaban J connectivity index is 1.59. The number of hydrogen-bond acceptors (Lipinski definition) is 8. The summed E-state index contributed by atoms with van der Waals surface area (Å²) in [5, 5.41) is 11.2. The number of aryl methyl sites for hydroxylation is 1. The van der Waals surface area contributed by atoms with Gasteiger partial charge in [0.05, 0.1) is 4.90 Å². The Bertz CT molecular complexity index is 1540. The summed E-state index contributed by atoms with van der Waals surface area (Å²) in [7, 11) is -3.70. The van der Waals surface area contributed by atoms with Crippen LogP contribution in [-0.4, -0.2) is 54.2 Å². The fourth-order valence-electron chi connectivity index (χ4n) is 3.96. The molecule has 2 amide bonds. The molecular weight excluding hydrogens is 568 g/mol. The molecule has 1 fully saturated rings. The summed E-state index contributed by atoms with van der Waals surface area (Å²) in [4.78, 5) is 39.1. The second-order valence-corrected chi connectivity index (χ2v) is 13.0. The van der Waals surface area contributed by atoms with Crippen LogP contribution < -0.4 is 10.1 Å². The van der Waals surface area contributed by atoms with Crippen molar-refractivity contribution in [2.24, 2.45) is 0 Å². The van der Waals surface area contributed by atoms with Gasteiger partial charge in [0.2, 0.25) is 8.87 Å². The smallest absolute Gasteiger partial charge is 0.356 e. The van der Waals surface area contributed by atoms with Crippen molar-refractivity contribution in [1.29, 1.82) is 0 Å². The number of β-lactam (4-membered cyclic amide) rings is 1. The number of nitrogens with one attached hydrogen (secondary N) is 1. The molecule has 2 N–H and O–H groups in total. The van der Waals surface area contributed by atoms with Crippen molar-refractivity contribution in [3.05, 3.63) is 108 Å². The van der Waals surface area contributed by atoms with Crippen molar-refractivity contribution in [1.82, 2.24) is 10.2 Å². The van der Waals surface area contributed by atoms with Gasteiger partial charge in [-0.25, -0.2) is 13.2 Å². The first-order valence-electron chi connectivity index (χ1n) is 12.5. The van der Waals surface area contributed by atoms with E-state index in [0.717, 1.165) is 16.0 Å². The number of nitrogens with zero attached hydrogens (tertiary/aromatic N) is 1. The van der Waals surface area contributed by atoms with E-state index in [1.54, 1.807) is 73.7 Å². The molecule has 0 radical (unpaired) electrons. The van der Waals surface area contributed by atoms with Crippen LogP contribution >= 0.6 is 10.8 Å². The lowest BCUT2D eigenvalue weighted by atomic mass is 10.1. The maximum absolute atomic E-state index is 13.3. The van der Waals surface area contributed by atoms with E-state index >= 15 is 0 Å². The topological polar surface area (TPSA) is 139 Å². The number of carboxylic acid groups (broad SMARTS) is 1. The number of ether oxygens (including phenoxy) is 2. The summed E-state index contributed by atoms with van der Waals surface area (Å²) < 4.78 is 37.7. The summed E-state index contributed by atoms with van der Waals surface area (Å²) in [6.45, 7) is 2.79. The Morgan fingerprint density at radius 3 is 2.20 bits per heavy atom. The average Bonchev–Trinajstić information content (AvgIpc) is 2.96. The lowest BCUT2D eigenvalue weighted by Crippen LogP contribution is -2.70. The fraction of sp³-hybridized carbons (Fsp3) is 0.207. The van der Waals surface area contributed by atoms with Gasteiger partial charge in [0.1, 0.15) is 29.5 Å². The second-order valence-electron chi connectivity index (χ2n) is 9.09. The van der Waals surface area contributed by atoms with Gasteiger partial charge in [0, 0.05) is 10.8 Å². The Hall–Kier alpha value is -4.29. The molecule has 214 valence electrons. The Kier molecular flexibility index (Phi) is 9.35. The molecule has 0 spiro atoms. The first-order valence-corrected chi connectivity index (χ1v) is 15.4. The molecule has 12 heteroatoms. The van der Waals surface area contributed by atoms with Crippen molar-refractivity contribution < 1.29 is 37.4 Å². The largest absolute Gasteiger partial charge is 0.491 e. The van der Waals surface area contributed by atoms with E-state index in [9.17, 15) is 27.9 Å². The number of carbonyl (C=O) groups excluding carboxylic acids is 2. The predicted octanol–water partition coefficient (Wildman–Crippen LogP) is 3.68. The number of amides is 2. The van der Waals surface area contributed by atoms with Crippen LogP contribution in [0.5, 0.6) is 5.75 Å². The Morgan fingerprint density at radius 1 is 0.976 bits per heavy atom. The molecule has 1 saturated heterocycles. The third kappa shape index (κ3) is 7.27. The zero-order valence-corrected chi connectivity index (χ0v) is 23.9. The Morgan fingerprint density at radius 2 is 1.59 bits per heavy atom. The van der Waals surface area contributed by atoms with E-state index in [4.69, 9.17) is 9.47 Å². The summed E-state index contributed by atoms with van der Waals surface area (Å²) >= 11 is 0. The third-order valence-electron chi connectivity index (χ3n) is 6.08. The van der Waals surface area contributed by atoms with Crippen LogP contribution in [0.15, 0.2) is 101 Å². The third-order valence-corrected chi connectivity index (χ3v) is 9.79. The first kappa shape index (κ1) is 29.7. The van der Waals surface area contributed by atoms with Crippen LogP contribution in [-0.2, 0) is 34.6 Å². The minimum Gasteiger partial charge on any atom is -0.491 e. The highest BCUT2D eigenvalue weighted by atomic mass is 33.1. The average molecular weight is 597 g/mol. The molecule has 3 aromatic carbocycles. The molecule has 1 aliphatic heterocycles. The SMILES string of the molecule is C/C(OCc1ccccc1)=C(\C(=O)O)N1C(=O)C(NC(=O)COc2ccccc2)C1SS(=O)(=O)c1ccc(C)cc1. The van der Waals surface area contributed by atoms with Crippen molar-refractivity contribution in [3.8, 4) is 5.75 Å². The summed E-state index contributed by atoms with van der Waals surface area (Å²) in [5.41, 5.74) is 1.09. The molecule has 1 aliphatic rings. The van der Waals surface area contributed by atoms with E-state index in [1.807, 2.05) is 6.07 Å². The molecule has 2 unspecified atom stereocenters. The van der Waals surface area contributed by atoms with Gasteiger partial charge in [-0.2, -0.15) is 0 Å². The summed E-state index contributed by atoms with van der Waals surface area (Å²) in [6.07, 6.45) is 0. The highest BCUT2D eigenvalue weighted by molar-refractivity contribution is 8.72. The van der Waals surface area contributed by atoms with Crippen molar-refractivity contribution >= 4 is 37.4 Å². The predicted molar refractivity (Wildman–Crippen MR) is 152 cm³/mol. The van der Waals surface area contributed by atoms with Crippen molar-refractivity contribution in [3.63, 3.8) is 0 Å². The minimum absolute atomic E-state index is 0.0252. The normalized spacial score (nSPS) is 17.2. The van der Waals surface area contributed by atoms with Gasteiger partial charge in [-0.3, -0.25) is 14.5 Å². The number of aliphatic carboxylic acids is 1. The van der Waals surface area contributed by atoms with E-state index in [-0.39, 0.29) is 17.3 Å². The van der Waals surface area contributed by atoms with Crippen LogP contribution in [0.25, 0.3) is 0 Å². The number of carbonyl (C=O) groups is 3. The van der Waals surface area contributed by atoms with E-state index < -0.39 is 50.4 Å². The number of rotatable bonds is 12. The quantitative estimate of drug-likeness (QED) is 0.139. The standard InChI is InChI=1S/C29H28N2O8S2/c1-19-13-15-23(16-14-19)41(36,37)40-28-25(30-24(32)18-39-22-11-7-4-8-12-22)27(33)31(28)26(29(34)35)20(2)38-17-21-9-5-3-6-10-21/h3-16,25,28H,17-18H2,1-2H3,(H,30,32)(H,34,35)/b26-20-. The maximum Gasteiger partial charge on any atom is 0.356 e. The van der Waals surface area contributed by atoms with Crippen LogP contribution in [0.4, 0.5) is 0 Å². The van der Waals surface area contributed by atoms with Gasteiger partial charge in [-0.1, -0.05) is 66.2 Å². The highest BCUT2D eigenvalue weighted by Gasteiger charge is 2.54. The van der Waals surface area contributed by atoms with Crippen LogP contribution in [0.1, 0.15) is 18.1 Å². The molecule has 41 heavy (non-hydrogen) atoms. The van der Waals surface area contributed by atoms with Crippen molar-refractivity contribution in [2.45, 2.75) is 36.8 Å².